The van der Waals surface area contributed by atoms with E-state index in [1.54, 1.807) is 0 Å². The average Bonchev–Trinajstić information content (AvgIpc) is 1.33. The van der Waals surface area contributed by atoms with Crippen LogP contribution in [0.5, 0.6) is 0 Å². The Bertz CT molecular complexity index is 59.4. The van der Waals surface area contributed by atoms with Crippen LogP contribution in [0.1, 0.15) is 0 Å². The number of hydrogen-bond donors (Lipinski definition) is 1. The molecule has 0 saturated carbocycles. The van der Waals surface area contributed by atoms with E-state index in [0.29, 0.717) is 0 Å². The van der Waals surface area contributed by atoms with Crippen LogP contribution >= 0.6 is 8.69 Å². The molecule has 0 rings (SSSR count). The van der Waals surface area contributed by atoms with Gasteiger partial charge in [-0.25, -0.2) is 4.57 Å². The summed E-state index contributed by atoms with van der Waals surface area (Å²) >= 11 is 0. The van der Waals surface area contributed by atoms with Crippen LogP contribution < -0.4 is 0 Å². The molecule has 0 saturated heterocycles. The van der Waals surface area contributed by atoms with E-state index in [0.717, 1.165) is 0 Å². The van der Waals surface area contributed by atoms with Gasteiger partial charge >= 0.3 is 36.0 Å². The average molecular weight is 335 g/mol. The van der Waals surface area contributed by atoms with Gasteiger partial charge in [0.2, 0.25) is 0 Å². The van der Waals surface area contributed by atoms with E-state index in [1.807, 2.05) is 0 Å². The maximum absolute atomic E-state index is 8.46. The molecule has 48 valence electrons. The predicted molar refractivity (Wildman–Crippen MR) is 28.7 cm³/mol. The molecule has 1 N–H and O–H groups in total. The van der Waals surface area contributed by atoms with Gasteiger partial charge in [0, 0.05) is 0 Å². The van der Waals surface area contributed by atoms with E-state index < -0.39 is 13.8 Å². The van der Waals surface area contributed by atoms with Crippen LogP contribution in [0.25, 0.3) is 0 Å². The Balaban J connectivity index is -0.0000000575. The normalized spacial score (nSPS) is 5.62. The summed E-state index contributed by atoms with van der Waals surface area (Å²) < 4.78 is 8.46. The van der Waals surface area contributed by atoms with Crippen LogP contribution in [0.3, 0.4) is 0 Å². The summed E-state index contributed by atoms with van der Waals surface area (Å²) in [6, 6.07) is 0. The molecule has 0 amide bonds. The van der Waals surface area contributed by atoms with Gasteiger partial charge in [0.1, 0.15) is 0 Å². The van der Waals surface area contributed by atoms with Crippen molar-refractivity contribution in [1.29, 1.82) is 0 Å². The van der Waals surface area contributed by atoms with Gasteiger partial charge in [0.05, 0.1) is 5.09 Å². The first-order chi connectivity index (χ1) is 3.15. The van der Waals surface area contributed by atoms with Gasteiger partial charge in [-0.05, 0) is 0 Å². The predicted octanol–water partition coefficient (Wildman–Crippen LogP) is -0.970. The fourth-order valence-corrected chi connectivity index (χ4v) is 0. The van der Waals surface area contributed by atoms with Crippen LogP contribution in [0.15, 0.2) is 0 Å². The Morgan fingerprint density at radius 2 is 1.50 bits per heavy atom. The van der Waals surface area contributed by atoms with Crippen LogP contribution in [0.2, 0.25) is 0 Å². The Morgan fingerprint density at radius 1 is 1.50 bits per heavy atom. The summed E-state index contributed by atoms with van der Waals surface area (Å²) in [6.07, 6.45) is 0. The van der Waals surface area contributed by atoms with Gasteiger partial charge in [-0.3, -0.25) is 0 Å². The Morgan fingerprint density at radius 3 is 1.50 bits per heavy atom. The fraction of sp³-hybridized carbons (Fsp3) is 0. The molecule has 0 aromatic heterocycles. The summed E-state index contributed by atoms with van der Waals surface area (Å²) in [5, 5.41) is 14.8. The zero-order chi connectivity index (χ0) is 6.28. The van der Waals surface area contributed by atoms with E-state index in [4.69, 9.17) is 24.8 Å². The summed E-state index contributed by atoms with van der Waals surface area (Å²) in [6.45, 7) is 0. The third kappa shape index (κ3) is 5010. The number of hydrogen-bond acceptors (Lipinski definition) is 4. The second-order valence-corrected chi connectivity index (χ2v) is 0.469. The topological polar surface area (TPSA) is 104 Å². The van der Waals surface area contributed by atoms with Crippen molar-refractivity contribution in [2.24, 2.45) is 0 Å². The van der Waals surface area contributed by atoms with Gasteiger partial charge in [-0.2, -0.15) is 0 Å². The molecule has 0 aromatic carbocycles. The first kappa shape index (κ1) is 15.7. The van der Waals surface area contributed by atoms with Gasteiger partial charge in [-0.1, -0.05) is 0 Å². The summed E-state index contributed by atoms with van der Waals surface area (Å²) in [5.74, 6) is 0. The van der Waals surface area contributed by atoms with Gasteiger partial charge in [-0.15, -0.1) is 0 Å². The zero-order valence-corrected chi connectivity index (χ0v) is 10.1. The molecule has 0 fully saturated rings. The summed E-state index contributed by atoms with van der Waals surface area (Å²) in [4.78, 5) is 15.2. The third-order valence-electron chi connectivity index (χ3n) is 0. The third-order valence-corrected chi connectivity index (χ3v) is 0. The van der Waals surface area contributed by atoms with E-state index in [9.17, 15) is 0 Å². The fourth-order valence-electron chi connectivity index (χ4n) is 0. The van der Waals surface area contributed by atoms with Gasteiger partial charge in [0.25, 0.3) is 0 Å². The molecule has 0 spiro atoms. The van der Waals surface area contributed by atoms with Crippen LogP contribution in [0, 0.1) is 15.3 Å². The molecule has 6 nitrogen and oxygen atoms in total. The minimum absolute atomic E-state index is 0. The van der Waals surface area contributed by atoms with Crippen molar-refractivity contribution in [2.45, 2.75) is 0 Å². The molecule has 8 heavy (non-hydrogen) atoms. The standard InChI is InChI=1S/NO3.HO2P.Pb.2H/c2-1(3)4;1-3-2;;;/h;(H,1,2);;;/q-1;;;;. The Hall–Kier alpha value is 0.182. The van der Waals surface area contributed by atoms with E-state index in [-0.39, 0.29) is 27.3 Å². The molecular weight excluding hydrogens is 332 g/mol. The quantitative estimate of drug-likeness (QED) is 0.265. The van der Waals surface area contributed by atoms with Crippen molar-refractivity contribution < 1.29 is 14.5 Å². The van der Waals surface area contributed by atoms with Crippen LogP contribution in [-0.2, 0) is 4.57 Å². The number of nitrogens with zero attached hydrogens (tertiary/aromatic N) is 1. The minimum atomic E-state index is -1.75. The van der Waals surface area contributed by atoms with Gasteiger partial charge in [0.15, 0.2) is 0 Å². The van der Waals surface area contributed by atoms with E-state index in [1.165, 1.54) is 0 Å². The summed E-state index contributed by atoms with van der Waals surface area (Å²) in [7, 11) is -0.833. The van der Waals surface area contributed by atoms with Crippen molar-refractivity contribution in [3.8, 4) is 0 Å². The molecule has 0 atom stereocenters. The van der Waals surface area contributed by atoms with Crippen LogP contribution in [0.4, 0.5) is 0 Å². The first-order valence-electron chi connectivity index (χ1n) is 0.930. The zero-order valence-electron chi connectivity index (χ0n) is 3.68. The van der Waals surface area contributed by atoms with Crippen molar-refractivity contribution in [1.82, 2.24) is 0 Å². The van der Waals surface area contributed by atoms with Gasteiger partial charge < -0.3 is 20.2 Å². The molecule has 0 unspecified atom stereocenters. The van der Waals surface area contributed by atoms with E-state index in [2.05, 4.69) is 0 Å². The van der Waals surface area contributed by atoms with Crippen LogP contribution in [-0.4, -0.2) is 37.3 Å². The molecule has 0 bridgehead atoms. The molecule has 8 heteroatoms. The molecule has 0 heterocycles. The monoisotopic (exact) mass is 336 g/mol. The number of rotatable bonds is 0. The SMILES string of the molecule is O=PO.O=[N+]([O-])[O-].[PbH2]. The second kappa shape index (κ2) is 15.7. The Labute approximate surface area is 66.1 Å². The molecular formula is H3NO5PPb-. The molecule has 2 radical (unpaired) electrons. The van der Waals surface area contributed by atoms with Crippen molar-refractivity contribution in [2.75, 3.05) is 0 Å². The molecule has 0 aliphatic heterocycles. The molecule has 0 aliphatic carbocycles. The molecule has 0 aromatic rings. The Kier molecular flexibility index (Phi) is 30.8. The molecule has 0 aliphatic rings. The first-order valence-corrected chi connectivity index (χ1v) is 1.70. The maximum atomic E-state index is 8.46. The van der Waals surface area contributed by atoms with E-state index >= 15 is 0 Å². The summed E-state index contributed by atoms with van der Waals surface area (Å²) in [5.41, 5.74) is 0. The second-order valence-electron chi connectivity index (χ2n) is 0.305. The van der Waals surface area contributed by atoms with Crippen molar-refractivity contribution in [3.05, 3.63) is 15.3 Å². The van der Waals surface area contributed by atoms with Crippen molar-refractivity contribution in [3.63, 3.8) is 0 Å². The van der Waals surface area contributed by atoms with Crippen molar-refractivity contribution >= 4 is 36.0 Å².